The first-order valence-corrected chi connectivity index (χ1v) is 6.77. The lowest BCUT2D eigenvalue weighted by Crippen LogP contribution is -2.38. The van der Waals surface area contributed by atoms with E-state index in [4.69, 9.17) is 5.73 Å². The minimum Gasteiger partial charge on any atom is -0.399 e. The number of nitrogen functional groups attached to an aromatic ring is 1. The molecule has 0 aromatic heterocycles. The van der Waals surface area contributed by atoms with Crippen molar-refractivity contribution in [3.63, 3.8) is 0 Å². The third-order valence-electron chi connectivity index (χ3n) is 3.68. The van der Waals surface area contributed by atoms with E-state index in [1.807, 2.05) is 19.1 Å². The van der Waals surface area contributed by atoms with Crippen molar-refractivity contribution in [1.29, 1.82) is 0 Å². The molecule has 0 radical (unpaired) electrons. The minimum atomic E-state index is 0.115. The summed E-state index contributed by atoms with van der Waals surface area (Å²) in [4.78, 5) is 12.0. The normalized spacial score (nSPS) is 19.3. The Hall–Kier alpha value is -1.51. The fourth-order valence-electron chi connectivity index (χ4n) is 2.65. The summed E-state index contributed by atoms with van der Waals surface area (Å²) in [7, 11) is 0. The lowest BCUT2D eigenvalue weighted by atomic mass is 10.0. The van der Waals surface area contributed by atoms with Crippen LogP contribution in [-0.2, 0) is 17.6 Å². The Bertz CT molecular complexity index is 442. The van der Waals surface area contributed by atoms with Gasteiger partial charge in [-0.2, -0.15) is 0 Å². The van der Waals surface area contributed by atoms with Crippen LogP contribution in [0.25, 0.3) is 0 Å². The molecule has 0 saturated carbocycles. The summed E-state index contributed by atoms with van der Waals surface area (Å²) >= 11 is 0. The number of carbonyl (C=O) groups excluding carboxylic acids is 1. The number of hydrogen-bond donors (Lipinski definition) is 2. The van der Waals surface area contributed by atoms with Crippen LogP contribution in [0, 0.1) is 5.92 Å². The number of rotatable bonds is 4. The third kappa shape index (κ3) is 2.84. The van der Waals surface area contributed by atoms with Crippen molar-refractivity contribution in [1.82, 2.24) is 5.32 Å². The van der Waals surface area contributed by atoms with Gasteiger partial charge in [-0.05, 0) is 42.5 Å². The van der Waals surface area contributed by atoms with E-state index in [9.17, 15) is 4.79 Å². The molecule has 0 spiro atoms. The fourth-order valence-corrected chi connectivity index (χ4v) is 2.65. The van der Waals surface area contributed by atoms with Gasteiger partial charge in [-0.25, -0.2) is 0 Å². The SMILES string of the molecule is CCCC(C)C(=O)NC1Cc2ccc(N)cc2C1. The van der Waals surface area contributed by atoms with E-state index in [1.54, 1.807) is 0 Å². The molecule has 3 nitrogen and oxygen atoms in total. The predicted molar refractivity (Wildman–Crippen MR) is 74.3 cm³/mol. The van der Waals surface area contributed by atoms with Gasteiger partial charge >= 0.3 is 0 Å². The maximum Gasteiger partial charge on any atom is 0.223 e. The van der Waals surface area contributed by atoms with Gasteiger partial charge < -0.3 is 11.1 Å². The molecule has 0 heterocycles. The Labute approximate surface area is 109 Å². The molecule has 18 heavy (non-hydrogen) atoms. The zero-order valence-electron chi connectivity index (χ0n) is 11.2. The topological polar surface area (TPSA) is 55.1 Å². The molecule has 1 aliphatic rings. The minimum absolute atomic E-state index is 0.115. The molecule has 0 fully saturated rings. The summed E-state index contributed by atoms with van der Waals surface area (Å²) < 4.78 is 0. The van der Waals surface area contributed by atoms with E-state index in [2.05, 4.69) is 18.3 Å². The Kier molecular flexibility index (Phi) is 3.90. The molecule has 1 aliphatic carbocycles. The van der Waals surface area contributed by atoms with Gasteiger partial charge in [-0.3, -0.25) is 4.79 Å². The van der Waals surface area contributed by atoms with E-state index in [0.29, 0.717) is 0 Å². The molecule has 3 heteroatoms. The molecule has 1 aromatic rings. The number of fused-ring (bicyclic) bond motifs is 1. The number of hydrogen-bond acceptors (Lipinski definition) is 2. The first kappa shape index (κ1) is 12.9. The molecule has 1 aromatic carbocycles. The van der Waals surface area contributed by atoms with Gasteiger partial charge in [0.2, 0.25) is 5.91 Å². The summed E-state index contributed by atoms with van der Waals surface area (Å²) in [6.45, 7) is 4.11. The highest BCUT2D eigenvalue weighted by molar-refractivity contribution is 5.78. The number of benzene rings is 1. The number of anilines is 1. The molecular weight excluding hydrogens is 224 g/mol. The van der Waals surface area contributed by atoms with E-state index in [1.165, 1.54) is 11.1 Å². The van der Waals surface area contributed by atoms with Gasteiger partial charge in [0.15, 0.2) is 0 Å². The molecule has 3 N–H and O–H groups in total. The van der Waals surface area contributed by atoms with Crippen molar-refractivity contribution in [2.75, 3.05) is 5.73 Å². The molecule has 0 aliphatic heterocycles. The largest absolute Gasteiger partial charge is 0.399 e. The molecule has 98 valence electrons. The monoisotopic (exact) mass is 246 g/mol. The lowest BCUT2D eigenvalue weighted by Gasteiger charge is -2.16. The highest BCUT2D eigenvalue weighted by Crippen LogP contribution is 2.24. The van der Waals surface area contributed by atoms with Crippen molar-refractivity contribution >= 4 is 11.6 Å². The Morgan fingerprint density at radius 1 is 1.44 bits per heavy atom. The highest BCUT2D eigenvalue weighted by atomic mass is 16.1. The maximum atomic E-state index is 12.0. The Balaban J connectivity index is 1.93. The van der Waals surface area contributed by atoms with Crippen LogP contribution in [0.3, 0.4) is 0 Å². The predicted octanol–water partition coefficient (Wildman–Crippen LogP) is 2.29. The van der Waals surface area contributed by atoms with Crippen LogP contribution >= 0.6 is 0 Å². The van der Waals surface area contributed by atoms with E-state index < -0.39 is 0 Å². The van der Waals surface area contributed by atoms with Crippen LogP contribution < -0.4 is 11.1 Å². The van der Waals surface area contributed by atoms with Gasteiger partial charge in [0.25, 0.3) is 0 Å². The quantitative estimate of drug-likeness (QED) is 0.801. The van der Waals surface area contributed by atoms with Crippen molar-refractivity contribution < 1.29 is 4.79 Å². The summed E-state index contributed by atoms with van der Waals surface area (Å²) in [5.41, 5.74) is 9.18. The number of nitrogens with one attached hydrogen (secondary N) is 1. The summed E-state index contributed by atoms with van der Waals surface area (Å²) in [5, 5.41) is 3.15. The standard InChI is InChI=1S/C15H22N2O/c1-3-4-10(2)15(18)17-14-8-11-5-6-13(16)7-12(11)9-14/h5-7,10,14H,3-4,8-9,16H2,1-2H3,(H,17,18). The van der Waals surface area contributed by atoms with Crippen LogP contribution in [0.5, 0.6) is 0 Å². The zero-order chi connectivity index (χ0) is 13.1. The summed E-state index contributed by atoms with van der Waals surface area (Å²) in [5.74, 6) is 0.298. The first-order valence-electron chi connectivity index (χ1n) is 6.77. The van der Waals surface area contributed by atoms with Gasteiger partial charge in [0.05, 0.1) is 0 Å². The second kappa shape index (κ2) is 5.42. The van der Waals surface area contributed by atoms with Crippen molar-refractivity contribution in [3.8, 4) is 0 Å². The molecular formula is C15H22N2O. The van der Waals surface area contributed by atoms with Gasteiger partial charge in [0, 0.05) is 17.6 Å². The van der Waals surface area contributed by atoms with Gasteiger partial charge in [0.1, 0.15) is 0 Å². The molecule has 2 unspecified atom stereocenters. The average Bonchev–Trinajstić information content (AvgIpc) is 2.70. The average molecular weight is 246 g/mol. The second-order valence-electron chi connectivity index (χ2n) is 5.33. The van der Waals surface area contributed by atoms with Crippen LogP contribution in [-0.4, -0.2) is 11.9 Å². The smallest absolute Gasteiger partial charge is 0.223 e. The van der Waals surface area contributed by atoms with Crippen LogP contribution in [0.15, 0.2) is 18.2 Å². The Morgan fingerprint density at radius 2 is 2.17 bits per heavy atom. The van der Waals surface area contributed by atoms with Gasteiger partial charge in [-0.1, -0.05) is 26.3 Å². The number of amides is 1. The van der Waals surface area contributed by atoms with E-state index >= 15 is 0 Å². The van der Waals surface area contributed by atoms with Crippen LogP contribution in [0.4, 0.5) is 5.69 Å². The maximum absolute atomic E-state index is 12.0. The molecule has 2 atom stereocenters. The van der Waals surface area contributed by atoms with Crippen LogP contribution in [0.1, 0.15) is 37.8 Å². The number of carbonyl (C=O) groups is 1. The molecule has 1 amide bonds. The number of nitrogens with two attached hydrogens (primary N) is 1. The van der Waals surface area contributed by atoms with E-state index in [-0.39, 0.29) is 17.9 Å². The summed E-state index contributed by atoms with van der Waals surface area (Å²) in [6.07, 6.45) is 3.85. The van der Waals surface area contributed by atoms with Crippen molar-refractivity contribution in [2.45, 2.75) is 45.6 Å². The second-order valence-corrected chi connectivity index (χ2v) is 5.33. The first-order chi connectivity index (χ1) is 8.60. The highest BCUT2D eigenvalue weighted by Gasteiger charge is 2.24. The summed E-state index contributed by atoms with van der Waals surface area (Å²) in [6, 6.07) is 6.28. The lowest BCUT2D eigenvalue weighted by molar-refractivity contribution is -0.125. The zero-order valence-corrected chi connectivity index (χ0v) is 11.2. The van der Waals surface area contributed by atoms with Crippen molar-refractivity contribution in [3.05, 3.63) is 29.3 Å². The molecule has 0 bridgehead atoms. The molecule has 0 saturated heterocycles. The van der Waals surface area contributed by atoms with Crippen molar-refractivity contribution in [2.24, 2.45) is 5.92 Å². The van der Waals surface area contributed by atoms with Crippen LogP contribution in [0.2, 0.25) is 0 Å². The van der Waals surface area contributed by atoms with E-state index in [0.717, 1.165) is 31.4 Å². The fraction of sp³-hybridized carbons (Fsp3) is 0.533. The molecule has 2 rings (SSSR count). The third-order valence-corrected chi connectivity index (χ3v) is 3.68. The Morgan fingerprint density at radius 3 is 2.89 bits per heavy atom. The van der Waals surface area contributed by atoms with Gasteiger partial charge in [-0.15, -0.1) is 0 Å².